The second-order valence-electron chi connectivity index (χ2n) is 6.50. The van der Waals surface area contributed by atoms with Gasteiger partial charge in [0.15, 0.2) is 0 Å². The van der Waals surface area contributed by atoms with Crippen LogP contribution in [0.25, 0.3) is 11.0 Å². The average Bonchev–Trinajstić information content (AvgIpc) is 2.92. The molecule has 6 nitrogen and oxygen atoms in total. The number of rotatable bonds is 2. The second kappa shape index (κ2) is 5.78. The van der Waals surface area contributed by atoms with E-state index in [-0.39, 0.29) is 0 Å². The highest BCUT2D eigenvalue weighted by molar-refractivity contribution is 5.75. The van der Waals surface area contributed by atoms with E-state index in [0.717, 1.165) is 48.9 Å². The fraction of sp³-hybridized carbons (Fsp3) is 0.389. The maximum absolute atomic E-state index is 5.89. The Kier molecular flexibility index (Phi) is 3.59. The van der Waals surface area contributed by atoms with E-state index in [9.17, 15) is 0 Å². The Labute approximate surface area is 141 Å². The first-order chi connectivity index (χ1) is 11.6. The minimum atomic E-state index is 0.396. The van der Waals surface area contributed by atoms with Crippen LogP contribution < -0.4 is 10.6 Å². The number of nitrogen functional groups attached to an aromatic ring is 1. The van der Waals surface area contributed by atoms with Crippen LogP contribution >= 0.6 is 0 Å². The Bertz CT molecular complexity index is 864. The second-order valence-corrected chi connectivity index (χ2v) is 6.50. The van der Waals surface area contributed by atoms with Gasteiger partial charge in [-0.25, -0.2) is 15.0 Å². The summed E-state index contributed by atoms with van der Waals surface area (Å²) in [6, 6.07) is 10.2. The molecule has 0 saturated carbocycles. The molecule has 0 amide bonds. The Balaban J connectivity index is 1.65. The fourth-order valence-corrected chi connectivity index (χ4v) is 3.66. The van der Waals surface area contributed by atoms with E-state index in [2.05, 4.69) is 44.7 Å². The Morgan fingerprint density at radius 3 is 2.79 bits per heavy atom. The summed E-state index contributed by atoms with van der Waals surface area (Å²) in [5.41, 5.74) is 8.14. The fourth-order valence-electron chi connectivity index (χ4n) is 3.66. The number of nitrogens with two attached hydrogens (primary N) is 1. The van der Waals surface area contributed by atoms with E-state index < -0.39 is 0 Å². The van der Waals surface area contributed by atoms with E-state index in [1.807, 2.05) is 19.1 Å². The Morgan fingerprint density at radius 1 is 1.17 bits per heavy atom. The van der Waals surface area contributed by atoms with Crippen LogP contribution in [0.2, 0.25) is 0 Å². The van der Waals surface area contributed by atoms with Crippen LogP contribution in [0.5, 0.6) is 0 Å². The molecule has 3 heterocycles. The van der Waals surface area contributed by atoms with Crippen LogP contribution in [-0.2, 0) is 7.05 Å². The molecular formula is C18H22N6. The van der Waals surface area contributed by atoms with Crippen LogP contribution in [0.3, 0.4) is 0 Å². The molecule has 1 aliphatic heterocycles. The van der Waals surface area contributed by atoms with Gasteiger partial charge < -0.3 is 15.2 Å². The third kappa shape index (κ3) is 2.58. The van der Waals surface area contributed by atoms with E-state index in [4.69, 9.17) is 10.7 Å². The van der Waals surface area contributed by atoms with Gasteiger partial charge in [-0.2, -0.15) is 0 Å². The number of fused-ring (bicyclic) bond motifs is 1. The van der Waals surface area contributed by atoms with Gasteiger partial charge in [-0.05, 0) is 31.9 Å². The topological polar surface area (TPSA) is 72.9 Å². The zero-order valence-electron chi connectivity index (χ0n) is 14.1. The summed E-state index contributed by atoms with van der Waals surface area (Å²) in [5.74, 6) is 3.72. The molecule has 0 radical (unpaired) electrons. The van der Waals surface area contributed by atoms with Crippen molar-refractivity contribution in [1.82, 2.24) is 19.5 Å². The van der Waals surface area contributed by atoms with Gasteiger partial charge in [-0.15, -0.1) is 0 Å². The highest BCUT2D eigenvalue weighted by atomic mass is 15.2. The van der Waals surface area contributed by atoms with Crippen molar-refractivity contribution >= 4 is 22.7 Å². The van der Waals surface area contributed by atoms with Crippen molar-refractivity contribution in [2.75, 3.05) is 23.7 Å². The first-order valence-corrected chi connectivity index (χ1v) is 8.39. The van der Waals surface area contributed by atoms with Crippen LogP contribution in [0.1, 0.15) is 30.4 Å². The highest BCUT2D eigenvalue weighted by Gasteiger charge is 2.26. The van der Waals surface area contributed by atoms with Gasteiger partial charge >= 0.3 is 0 Å². The first-order valence-electron chi connectivity index (χ1n) is 8.39. The van der Waals surface area contributed by atoms with Crippen molar-refractivity contribution in [2.45, 2.75) is 25.7 Å². The summed E-state index contributed by atoms with van der Waals surface area (Å²) in [6.07, 6.45) is 2.27. The minimum Gasteiger partial charge on any atom is -0.384 e. The minimum absolute atomic E-state index is 0.396. The van der Waals surface area contributed by atoms with Crippen molar-refractivity contribution in [1.29, 1.82) is 0 Å². The summed E-state index contributed by atoms with van der Waals surface area (Å²) in [4.78, 5) is 15.9. The lowest BCUT2D eigenvalue weighted by molar-refractivity contribution is 0.480. The van der Waals surface area contributed by atoms with Gasteiger partial charge in [-0.1, -0.05) is 12.1 Å². The molecule has 1 aliphatic rings. The monoisotopic (exact) mass is 322 g/mol. The molecule has 2 N–H and O–H groups in total. The van der Waals surface area contributed by atoms with Crippen LogP contribution in [-0.4, -0.2) is 32.6 Å². The predicted molar refractivity (Wildman–Crippen MR) is 96.1 cm³/mol. The number of imidazole rings is 1. The number of anilines is 2. The van der Waals surface area contributed by atoms with E-state index in [1.165, 1.54) is 5.52 Å². The zero-order valence-corrected chi connectivity index (χ0v) is 14.1. The van der Waals surface area contributed by atoms with Gasteiger partial charge in [0.2, 0.25) is 0 Å². The summed E-state index contributed by atoms with van der Waals surface area (Å²) >= 11 is 0. The summed E-state index contributed by atoms with van der Waals surface area (Å²) < 4.78 is 2.23. The maximum Gasteiger partial charge on any atom is 0.134 e. The summed E-state index contributed by atoms with van der Waals surface area (Å²) in [6.45, 7) is 3.79. The molecule has 1 fully saturated rings. The first kappa shape index (κ1) is 14.9. The third-order valence-corrected chi connectivity index (χ3v) is 4.78. The molecule has 24 heavy (non-hydrogen) atoms. The smallest absolute Gasteiger partial charge is 0.134 e. The number of piperidine rings is 1. The molecule has 2 aromatic heterocycles. The lowest BCUT2D eigenvalue weighted by Crippen LogP contribution is -2.36. The molecule has 4 rings (SSSR count). The molecule has 1 aromatic carbocycles. The highest BCUT2D eigenvalue weighted by Crippen LogP contribution is 2.30. The number of benzene rings is 1. The quantitative estimate of drug-likeness (QED) is 0.785. The number of hydrogen-bond acceptors (Lipinski definition) is 5. The Hall–Kier alpha value is -2.63. The van der Waals surface area contributed by atoms with Crippen molar-refractivity contribution < 1.29 is 0 Å². The number of aryl methyl sites for hydroxylation is 2. The maximum atomic E-state index is 5.89. The average molecular weight is 322 g/mol. The van der Waals surface area contributed by atoms with Gasteiger partial charge in [0.25, 0.3) is 0 Å². The third-order valence-electron chi connectivity index (χ3n) is 4.78. The van der Waals surface area contributed by atoms with Crippen molar-refractivity contribution in [2.24, 2.45) is 7.05 Å². The number of hydrogen-bond donors (Lipinski definition) is 1. The lowest BCUT2D eigenvalue weighted by Gasteiger charge is -2.33. The molecular weight excluding hydrogens is 300 g/mol. The largest absolute Gasteiger partial charge is 0.384 e. The molecule has 0 bridgehead atoms. The number of aromatic nitrogens is 4. The van der Waals surface area contributed by atoms with Crippen molar-refractivity contribution in [3.05, 3.63) is 42.0 Å². The normalized spacial score (nSPS) is 18.2. The predicted octanol–water partition coefficient (Wildman–Crippen LogP) is 2.64. The molecule has 0 unspecified atom stereocenters. The Morgan fingerprint density at radius 2 is 2.00 bits per heavy atom. The molecule has 6 heteroatoms. The van der Waals surface area contributed by atoms with Crippen LogP contribution in [0.15, 0.2) is 30.3 Å². The molecule has 3 aromatic rings. The molecule has 0 spiro atoms. The lowest BCUT2D eigenvalue weighted by atomic mass is 9.97. The molecule has 124 valence electrons. The van der Waals surface area contributed by atoms with Crippen molar-refractivity contribution in [3.8, 4) is 0 Å². The summed E-state index contributed by atoms with van der Waals surface area (Å²) in [5, 5.41) is 0. The van der Waals surface area contributed by atoms with Gasteiger partial charge in [0.1, 0.15) is 23.3 Å². The zero-order chi connectivity index (χ0) is 16.7. The molecule has 1 saturated heterocycles. The van der Waals surface area contributed by atoms with E-state index in [0.29, 0.717) is 11.7 Å². The van der Waals surface area contributed by atoms with E-state index in [1.54, 1.807) is 0 Å². The van der Waals surface area contributed by atoms with Gasteiger partial charge in [0, 0.05) is 32.1 Å². The van der Waals surface area contributed by atoms with Gasteiger partial charge in [-0.3, -0.25) is 0 Å². The van der Waals surface area contributed by atoms with Crippen LogP contribution in [0.4, 0.5) is 11.6 Å². The molecule has 1 atom stereocenters. The van der Waals surface area contributed by atoms with E-state index >= 15 is 0 Å². The molecule has 0 aliphatic carbocycles. The van der Waals surface area contributed by atoms with Gasteiger partial charge in [0.05, 0.1) is 11.0 Å². The SMILES string of the molecule is Cc1nc(N)cc(N2CCC[C@@H](c3nc4ccccc4n3C)C2)n1. The number of nitrogens with zero attached hydrogens (tertiary/aromatic N) is 5. The van der Waals surface area contributed by atoms with Crippen LogP contribution in [0, 0.1) is 6.92 Å². The standard InChI is InChI=1S/C18H22N6/c1-12-20-16(19)10-17(21-12)24-9-5-6-13(11-24)18-22-14-7-3-4-8-15(14)23(18)2/h3-4,7-8,10,13H,5-6,9,11H2,1-2H3,(H2,19,20,21)/t13-/m1/s1. The number of para-hydroxylation sites is 2. The van der Waals surface area contributed by atoms with Crippen molar-refractivity contribution in [3.63, 3.8) is 0 Å². The summed E-state index contributed by atoms with van der Waals surface area (Å²) in [7, 11) is 2.11.